The summed E-state index contributed by atoms with van der Waals surface area (Å²) in [5.41, 5.74) is 1.39. The van der Waals surface area contributed by atoms with Gasteiger partial charge in [0.2, 0.25) is 0 Å². The molecule has 0 heterocycles. The van der Waals surface area contributed by atoms with Crippen molar-refractivity contribution >= 4 is 11.8 Å². The fraction of sp³-hybridized carbons (Fsp3) is 0.895. The van der Waals surface area contributed by atoms with Crippen LogP contribution < -0.4 is 0 Å². The van der Waals surface area contributed by atoms with Crippen LogP contribution in [-0.2, 0) is 14.3 Å². The standard InChI is InChI=1S/C38H63NO3/c1-10-39(11-2)24-12-13-25-42-33(41)38-21-16-27(26(3)4)32(38)28-14-15-30-35(7)19-18-31(40)34(5,6)29(35)17-20-37(30,9)36(28,8)22-23-38/h27-30,32H,3,10-25H2,1-2,4-9H3/t27-,28+,29-,30+,32+,35-,36+,37+,38-/m0/s1. The molecule has 238 valence electrons. The number of ketones is 1. The Balaban J connectivity index is 1.39. The molecule has 0 saturated heterocycles. The SMILES string of the molecule is C=C(C)[C@@H]1CC[C@]2(C(=O)OCCCCN(CC)CC)CC[C@]3(C)[C@H](CC[C@@H]4[C@@]5(C)CCC(=O)C(C)(C)[C@@H]5CC[C@]43C)[C@@H]12. The molecular formula is C38H63NO3. The lowest BCUT2D eigenvalue weighted by molar-refractivity contribution is -0.236. The third-order valence-corrected chi connectivity index (χ3v) is 15.2. The van der Waals surface area contributed by atoms with E-state index >= 15 is 0 Å². The zero-order valence-corrected chi connectivity index (χ0v) is 28.6. The molecule has 0 aliphatic heterocycles. The summed E-state index contributed by atoms with van der Waals surface area (Å²) >= 11 is 0. The molecule has 5 aliphatic rings. The number of carbonyl (C=O) groups is 2. The third kappa shape index (κ3) is 4.61. The number of rotatable bonds is 9. The smallest absolute Gasteiger partial charge is 0.312 e. The van der Waals surface area contributed by atoms with Crippen LogP contribution >= 0.6 is 0 Å². The van der Waals surface area contributed by atoms with Crippen LogP contribution in [0.1, 0.15) is 132 Å². The number of Topliss-reactive ketones (excluding diaryl/α,β-unsaturated/α-hetero) is 1. The van der Waals surface area contributed by atoms with E-state index in [1.54, 1.807) is 0 Å². The molecule has 4 nitrogen and oxygen atoms in total. The second-order valence-electron chi connectivity index (χ2n) is 16.9. The minimum atomic E-state index is -0.337. The first-order chi connectivity index (χ1) is 19.7. The zero-order chi connectivity index (χ0) is 30.7. The van der Waals surface area contributed by atoms with E-state index in [0.717, 1.165) is 71.0 Å². The fourth-order valence-corrected chi connectivity index (χ4v) is 12.6. The van der Waals surface area contributed by atoms with Gasteiger partial charge in [-0.1, -0.05) is 60.6 Å². The second-order valence-corrected chi connectivity index (χ2v) is 16.9. The summed E-state index contributed by atoms with van der Waals surface area (Å²) in [6.07, 6.45) is 12.8. The highest BCUT2D eigenvalue weighted by molar-refractivity contribution is 5.85. The van der Waals surface area contributed by atoms with Crippen molar-refractivity contribution in [1.82, 2.24) is 4.90 Å². The highest BCUT2D eigenvalue weighted by atomic mass is 16.5. The van der Waals surface area contributed by atoms with E-state index < -0.39 is 0 Å². The van der Waals surface area contributed by atoms with Gasteiger partial charge in [-0.15, -0.1) is 0 Å². The number of nitrogens with zero attached hydrogens (tertiary/aromatic N) is 1. The van der Waals surface area contributed by atoms with E-state index in [-0.39, 0.29) is 33.0 Å². The molecule has 0 radical (unpaired) electrons. The van der Waals surface area contributed by atoms with Gasteiger partial charge >= 0.3 is 5.97 Å². The molecular weight excluding hydrogens is 518 g/mol. The molecule has 0 N–H and O–H groups in total. The Bertz CT molecular complexity index is 1060. The van der Waals surface area contributed by atoms with Crippen molar-refractivity contribution in [1.29, 1.82) is 0 Å². The summed E-state index contributed by atoms with van der Waals surface area (Å²) < 4.78 is 6.21. The van der Waals surface area contributed by atoms with E-state index in [9.17, 15) is 9.59 Å². The molecule has 0 unspecified atom stereocenters. The topological polar surface area (TPSA) is 46.6 Å². The predicted octanol–water partition coefficient (Wildman–Crippen LogP) is 8.88. The van der Waals surface area contributed by atoms with Crippen LogP contribution in [0.4, 0.5) is 0 Å². The second kappa shape index (κ2) is 11.3. The van der Waals surface area contributed by atoms with E-state index in [1.165, 1.54) is 31.3 Å². The number of hydrogen-bond acceptors (Lipinski definition) is 4. The van der Waals surface area contributed by atoms with Crippen molar-refractivity contribution in [3.63, 3.8) is 0 Å². The average Bonchev–Trinajstić information content (AvgIpc) is 3.35. The average molecular weight is 582 g/mol. The van der Waals surface area contributed by atoms with Gasteiger partial charge in [-0.2, -0.15) is 0 Å². The van der Waals surface area contributed by atoms with Crippen molar-refractivity contribution in [2.24, 2.45) is 56.7 Å². The molecule has 0 bridgehead atoms. The Kier molecular flexibility index (Phi) is 8.70. The maximum Gasteiger partial charge on any atom is 0.312 e. The summed E-state index contributed by atoms with van der Waals surface area (Å²) in [4.78, 5) is 29.7. The van der Waals surface area contributed by atoms with Crippen LogP contribution in [0.15, 0.2) is 12.2 Å². The molecule has 42 heavy (non-hydrogen) atoms. The molecule has 4 heteroatoms. The molecule has 5 fully saturated rings. The van der Waals surface area contributed by atoms with E-state index in [1.807, 2.05) is 0 Å². The summed E-state index contributed by atoms with van der Waals surface area (Å²) in [5.74, 6) is 3.03. The summed E-state index contributed by atoms with van der Waals surface area (Å²) in [7, 11) is 0. The van der Waals surface area contributed by atoms with Gasteiger partial charge in [0.25, 0.3) is 0 Å². The van der Waals surface area contributed by atoms with Crippen LogP contribution in [0.3, 0.4) is 0 Å². The van der Waals surface area contributed by atoms with Gasteiger partial charge in [0.15, 0.2) is 0 Å². The summed E-state index contributed by atoms with van der Waals surface area (Å²) in [6.45, 7) is 27.3. The number of unbranched alkanes of at least 4 members (excludes halogenated alkanes) is 1. The number of fused-ring (bicyclic) bond motifs is 7. The van der Waals surface area contributed by atoms with Crippen molar-refractivity contribution < 1.29 is 14.3 Å². The third-order valence-electron chi connectivity index (χ3n) is 15.2. The lowest BCUT2D eigenvalue weighted by Crippen LogP contribution is -2.66. The molecule has 5 aliphatic carbocycles. The highest BCUT2D eigenvalue weighted by Crippen LogP contribution is 2.77. The first-order valence-electron chi connectivity index (χ1n) is 17.8. The molecule has 0 amide bonds. The van der Waals surface area contributed by atoms with Crippen molar-refractivity contribution in [3.05, 3.63) is 12.2 Å². The predicted molar refractivity (Wildman–Crippen MR) is 172 cm³/mol. The number of carbonyl (C=O) groups excluding carboxylic acids is 2. The quantitative estimate of drug-likeness (QED) is 0.155. The van der Waals surface area contributed by atoms with Crippen LogP contribution in [0, 0.1) is 56.7 Å². The van der Waals surface area contributed by atoms with Crippen molar-refractivity contribution in [2.45, 2.75) is 132 Å². The largest absolute Gasteiger partial charge is 0.465 e. The van der Waals surface area contributed by atoms with E-state index in [4.69, 9.17) is 4.74 Å². The van der Waals surface area contributed by atoms with Crippen molar-refractivity contribution in [3.8, 4) is 0 Å². The Labute approximate surface area is 258 Å². The zero-order valence-electron chi connectivity index (χ0n) is 28.6. The molecule has 5 rings (SSSR count). The van der Waals surface area contributed by atoms with Gasteiger partial charge in [-0.25, -0.2) is 0 Å². The van der Waals surface area contributed by atoms with Gasteiger partial charge in [0, 0.05) is 11.8 Å². The molecule has 0 aromatic heterocycles. The lowest BCUT2D eigenvalue weighted by Gasteiger charge is -2.72. The molecule has 9 atom stereocenters. The van der Waals surface area contributed by atoms with Gasteiger partial charge in [-0.3, -0.25) is 9.59 Å². The van der Waals surface area contributed by atoms with Crippen LogP contribution in [0.2, 0.25) is 0 Å². The minimum absolute atomic E-state index is 0.108. The van der Waals surface area contributed by atoms with E-state index in [2.05, 4.69) is 66.9 Å². The normalized spacial score (nSPS) is 44.1. The van der Waals surface area contributed by atoms with Crippen LogP contribution in [0.25, 0.3) is 0 Å². The van der Waals surface area contributed by atoms with Crippen LogP contribution in [0.5, 0.6) is 0 Å². The van der Waals surface area contributed by atoms with E-state index in [0.29, 0.717) is 42.0 Å². The summed E-state index contributed by atoms with van der Waals surface area (Å²) in [6, 6.07) is 0. The molecule has 0 spiro atoms. The van der Waals surface area contributed by atoms with Gasteiger partial charge in [0.1, 0.15) is 5.78 Å². The van der Waals surface area contributed by atoms with Gasteiger partial charge in [0.05, 0.1) is 12.0 Å². The van der Waals surface area contributed by atoms with Crippen LogP contribution in [-0.4, -0.2) is 42.9 Å². The number of ether oxygens (including phenoxy) is 1. The Morgan fingerprint density at radius 2 is 1.60 bits per heavy atom. The Hall–Kier alpha value is -1.16. The first-order valence-corrected chi connectivity index (χ1v) is 17.8. The monoisotopic (exact) mass is 581 g/mol. The molecule has 5 saturated carbocycles. The van der Waals surface area contributed by atoms with Crippen molar-refractivity contribution in [2.75, 3.05) is 26.2 Å². The number of esters is 1. The maximum atomic E-state index is 14.2. The fourth-order valence-electron chi connectivity index (χ4n) is 12.6. The lowest BCUT2D eigenvalue weighted by atomic mass is 9.32. The molecule has 0 aromatic carbocycles. The Morgan fingerprint density at radius 1 is 0.881 bits per heavy atom. The van der Waals surface area contributed by atoms with Gasteiger partial charge in [-0.05, 0) is 143 Å². The first kappa shape index (κ1) is 32.2. The van der Waals surface area contributed by atoms with Gasteiger partial charge < -0.3 is 9.64 Å². The minimum Gasteiger partial charge on any atom is -0.465 e. The highest BCUT2D eigenvalue weighted by Gasteiger charge is 2.72. The maximum absolute atomic E-state index is 14.2. The summed E-state index contributed by atoms with van der Waals surface area (Å²) in [5, 5.41) is 0. The molecule has 0 aromatic rings. The Morgan fingerprint density at radius 3 is 2.26 bits per heavy atom. The number of hydrogen-bond donors (Lipinski definition) is 0. The number of allylic oxidation sites excluding steroid dienone is 1.